The fraction of sp³-hybridized carbons (Fsp3) is 0.417. The van der Waals surface area contributed by atoms with Crippen molar-refractivity contribution in [3.05, 3.63) is 53.1 Å². The number of fused-ring (bicyclic) bond motifs is 1. The highest BCUT2D eigenvalue weighted by Crippen LogP contribution is 2.32. The second-order valence-electron chi connectivity index (χ2n) is 8.50. The minimum absolute atomic E-state index is 0.0384. The largest absolute Gasteiger partial charge is 0.478 e. The van der Waals surface area contributed by atoms with Gasteiger partial charge >= 0.3 is 5.97 Å². The lowest BCUT2D eigenvalue weighted by Gasteiger charge is -2.21. The third kappa shape index (κ3) is 5.13. The lowest BCUT2D eigenvalue weighted by Crippen LogP contribution is -2.27. The van der Waals surface area contributed by atoms with Crippen molar-refractivity contribution in [1.82, 2.24) is 4.90 Å². The number of hydrogen-bond donors (Lipinski definition) is 3. The number of aromatic carboxylic acids is 1. The van der Waals surface area contributed by atoms with Gasteiger partial charge in [-0.2, -0.15) is 0 Å². The zero-order valence-electron chi connectivity index (χ0n) is 18.5. The van der Waals surface area contributed by atoms with Crippen LogP contribution in [0.4, 0.5) is 11.4 Å². The Balaban J connectivity index is 1.51. The Labute approximate surface area is 194 Å². The molecule has 1 aliphatic carbocycles. The first-order valence-corrected chi connectivity index (χ1v) is 12.9. The number of hydrogen-bond acceptors (Lipinski definition) is 5. The number of carboxylic acid groups (broad SMARTS) is 1. The summed E-state index contributed by atoms with van der Waals surface area (Å²) in [5, 5.41) is 13.0. The van der Waals surface area contributed by atoms with Crippen LogP contribution in [0.15, 0.2) is 41.3 Å². The van der Waals surface area contributed by atoms with Crippen LogP contribution in [0, 0.1) is 0 Å². The van der Waals surface area contributed by atoms with Crippen molar-refractivity contribution in [2.45, 2.75) is 49.8 Å². The molecule has 1 heterocycles. The number of carbonyl (C=O) groups is 2. The quantitative estimate of drug-likeness (QED) is 0.482. The number of nitrogens with zero attached hydrogens (tertiary/aromatic N) is 1. The maximum atomic E-state index is 13.3. The number of likely N-dealkylation sites (tertiary alicyclic amines) is 1. The standard InChI is InChI=1S/C24H29N3O5S/c28-22-11-5-15-27(22)16-6-14-25-19-9-3-4-10-21(19)33(31,32)26-20-13-12-17-7-1-2-8-18(17)23(20)24(29)30/h3-4,9-10,12-13,25-26H,1-2,5-8,11,14-16H2,(H,29,30). The van der Waals surface area contributed by atoms with Crippen LogP contribution in [0.2, 0.25) is 0 Å². The number of rotatable bonds is 9. The summed E-state index contributed by atoms with van der Waals surface area (Å²) in [6.07, 6.45) is 5.51. The molecule has 0 aromatic heterocycles. The Morgan fingerprint density at radius 2 is 1.79 bits per heavy atom. The number of para-hydroxylation sites is 1. The van der Waals surface area contributed by atoms with Gasteiger partial charge in [-0.1, -0.05) is 18.2 Å². The molecule has 0 spiro atoms. The molecular formula is C24H29N3O5S. The molecule has 2 aromatic rings. The van der Waals surface area contributed by atoms with Crippen LogP contribution >= 0.6 is 0 Å². The highest BCUT2D eigenvalue weighted by Gasteiger charge is 2.26. The van der Waals surface area contributed by atoms with Crippen molar-refractivity contribution in [3.63, 3.8) is 0 Å². The smallest absolute Gasteiger partial charge is 0.338 e. The maximum absolute atomic E-state index is 13.3. The maximum Gasteiger partial charge on any atom is 0.338 e. The Morgan fingerprint density at radius 1 is 1.00 bits per heavy atom. The molecule has 9 heteroatoms. The summed E-state index contributed by atoms with van der Waals surface area (Å²) < 4.78 is 29.0. The molecule has 1 fully saturated rings. The minimum Gasteiger partial charge on any atom is -0.478 e. The number of carboxylic acids is 1. The molecule has 8 nitrogen and oxygen atoms in total. The van der Waals surface area contributed by atoms with Crippen LogP contribution < -0.4 is 10.0 Å². The van der Waals surface area contributed by atoms with Gasteiger partial charge in [-0.15, -0.1) is 0 Å². The predicted molar refractivity (Wildman–Crippen MR) is 126 cm³/mol. The lowest BCUT2D eigenvalue weighted by molar-refractivity contribution is -0.127. The fourth-order valence-corrected chi connectivity index (χ4v) is 5.89. The Bertz CT molecular complexity index is 1160. The summed E-state index contributed by atoms with van der Waals surface area (Å²) >= 11 is 0. The van der Waals surface area contributed by atoms with E-state index in [0.717, 1.165) is 43.4 Å². The van der Waals surface area contributed by atoms with Crippen molar-refractivity contribution in [2.75, 3.05) is 29.7 Å². The monoisotopic (exact) mass is 471 g/mol. The van der Waals surface area contributed by atoms with E-state index in [2.05, 4.69) is 10.0 Å². The predicted octanol–water partition coefficient (Wildman–Crippen LogP) is 3.49. The lowest BCUT2D eigenvalue weighted by atomic mass is 9.87. The second kappa shape index (κ2) is 9.82. The molecule has 3 N–H and O–H groups in total. The first-order chi connectivity index (χ1) is 15.9. The van der Waals surface area contributed by atoms with Crippen LogP contribution in [0.25, 0.3) is 0 Å². The molecule has 1 amide bonds. The minimum atomic E-state index is -4.03. The molecule has 2 aromatic carbocycles. The van der Waals surface area contributed by atoms with Crippen LogP contribution in [0.3, 0.4) is 0 Å². The van der Waals surface area contributed by atoms with Crippen molar-refractivity contribution in [1.29, 1.82) is 0 Å². The van der Waals surface area contributed by atoms with Crippen LogP contribution in [0.5, 0.6) is 0 Å². The Kier molecular flexibility index (Phi) is 6.88. The van der Waals surface area contributed by atoms with Gasteiger partial charge in [0.25, 0.3) is 10.0 Å². The molecule has 176 valence electrons. The summed E-state index contributed by atoms with van der Waals surface area (Å²) in [5.41, 5.74) is 2.26. The van der Waals surface area contributed by atoms with Crippen molar-refractivity contribution in [3.8, 4) is 0 Å². The van der Waals surface area contributed by atoms with Gasteiger partial charge in [0, 0.05) is 26.1 Å². The van der Waals surface area contributed by atoms with E-state index in [1.54, 1.807) is 24.3 Å². The second-order valence-corrected chi connectivity index (χ2v) is 10.2. The zero-order valence-corrected chi connectivity index (χ0v) is 19.3. The molecule has 0 unspecified atom stereocenters. The average molecular weight is 472 g/mol. The van der Waals surface area contributed by atoms with Crippen LogP contribution in [0.1, 0.15) is 53.6 Å². The van der Waals surface area contributed by atoms with E-state index >= 15 is 0 Å². The van der Waals surface area contributed by atoms with E-state index in [4.69, 9.17) is 0 Å². The van der Waals surface area contributed by atoms with Gasteiger partial charge in [0.05, 0.1) is 16.9 Å². The molecule has 1 saturated heterocycles. The summed E-state index contributed by atoms with van der Waals surface area (Å²) in [5.74, 6) is -0.962. The van der Waals surface area contributed by atoms with Crippen LogP contribution in [-0.2, 0) is 27.7 Å². The Hall–Kier alpha value is -3.07. The molecular weight excluding hydrogens is 442 g/mol. The van der Waals surface area contributed by atoms with Crippen molar-refractivity contribution >= 4 is 33.3 Å². The highest BCUT2D eigenvalue weighted by molar-refractivity contribution is 7.92. The molecule has 0 atom stereocenters. The van der Waals surface area contributed by atoms with Crippen molar-refractivity contribution < 1.29 is 23.1 Å². The first kappa shape index (κ1) is 23.1. The number of sulfonamides is 1. The van der Waals surface area contributed by atoms with E-state index in [0.29, 0.717) is 38.0 Å². The van der Waals surface area contributed by atoms with Gasteiger partial charge in [-0.25, -0.2) is 13.2 Å². The fourth-order valence-electron chi connectivity index (χ4n) is 4.64. The van der Waals surface area contributed by atoms with E-state index < -0.39 is 16.0 Å². The summed E-state index contributed by atoms with van der Waals surface area (Å²) in [6, 6.07) is 9.92. The number of anilines is 2. The van der Waals surface area contributed by atoms with Gasteiger partial charge in [0.1, 0.15) is 4.90 Å². The third-order valence-electron chi connectivity index (χ3n) is 6.26. The van der Waals surface area contributed by atoms with Crippen LogP contribution in [-0.4, -0.2) is 49.9 Å². The molecule has 33 heavy (non-hydrogen) atoms. The number of aryl methyl sites for hydroxylation is 1. The molecule has 4 rings (SSSR count). The SMILES string of the molecule is O=C(O)c1c(NS(=O)(=O)c2ccccc2NCCCN2CCCC2=O)ccc2c1CCCC2. The summed E-state index contributed by atoms with van der Waals surface area (Å²) in [6.45, 7) is 1.92. The topological polar surface area (TPSA) is 116 Å². The highest BCUT2D eigenvalue weighted by atomic mass is 32.2. The van der Waals surface area contributed by atoms with Gasteiger partial charge < -0.3 is 15.3 Å². The molecule has 2 aliphatic rings. The number of amides is 1. The summed E-state index contributed by atoms with van der Waals surface area (Å²) in [7, 11) is -4.03. The molecule has 0 bridgehead atoms. The number of carbonyl (C=O) groups excluding carboxylic acids is 1. The van der Waals surface area contributed by atoms with E-state index in [-0.39, 0.29) is 22.1 Å². The number of nitrogens with one attached hydrogen (secondary N) is 2. The first-order valence-electron chi connectivity index (χ1n) is 11.4. The van der Waals surface area contributed by atoms with E-state index in [9.17, 15) is 23.1 Å². The van der Waals surface area contributed by atoms with Crippen molar-refractivity contribution in [2.24, 2.45) is 0 Å². The van der Waals surface area contributed by atoms with Gasteiger partial charge in [-0.3, -0.25) is 9.52 Å². The Morgan fingerprint density at radius 3 is 2.55 bits per heavy atom. The van der Waals surface area contributed by atoms with E-state index in [1.165, 1.54) is 6.07 Å². The third-order valence-corrected chi connectivity index (χ3v) is 7.68. The molecule has 0 saturated carbocycles. The number of benzene rings is 2. The zero-order chi connectivity index (χ0) is 23.4. The molecule has 1 aliphatic heterocycles. The average Bonchev–Trinajstić information content (AvgIpc) is 3.21. The van der Waals surface area contributed by atoms with Gasteiger partial charge in [0.2, 0.25) is 5.91 Å². The normalized spacial score (nSPS) is 15.9. The summed E-state index contributed by atoms with van der Waals surface area (Å²) in [4.78, 5) is 25.6. The molecule has 0 radical (unpaired) electrons. The van der Waals surface area contributed by atoms with Gasteiger partial charge in [0.15, 0.2) is 0 Å². The van der Waals surface area contributed by atoms with Gasteiger partial charge in [-0.05, 0) is 67.9 Å². The van der Waals surface area contributed by atoms with E-state index in [1.807, 2.05) is 11.0 Å².